The lowest BCUT2D eigenvalue weighted by atomic mass is 9.97. The minimum atomic E-state index is 0.733. The zero-order chi connectivity index (χ0) is 53.5. The predicted molar refractivity (Wildman–Crippen MR) is 333 cm³/mol. The first-order valence-corrected chi connectivity index (χ1v) is 27.0. The molecule has 0 saturated heterocycles. The Morgan fingerprint density at radius 2 is 0.899 bits per heavy atom. The van der Waals surface area contributed by atoms with Crippen LogP contribution in [-0.4, -0.2) is 0 Å². The van der Waals surface area contributed by atoms with Crippen LogP contribution in [0.4, 0.5) is 34.1 Å². The summed E-state index contributed by atoms with van der Waals surface area (Å²) < 4.78 is 12.9. The van der Waals surface area contributed by atoms with Gasteiger partial charge in [0.1, 0.15) is 22.7 Å². The van der Waals surface area contributed by atoms with E-state index in [0.717, 1.165) is 131 Å². The summed E-state index contributed by atoms with van der Waals surface area (Å²) in [6.07, 6.45) is 13.7. The van der Waals surface area contributed by atoms with Crippen molar-refractivity contribution in [3.63, 3.8) is 0 Å². The van der Waals surface area contributed by atoms with E-state index in [1.165, 1.54) is 11.1 Å². The van der Waals surface area contributed by atoms with Crippen LogP contribution < -0.4 is 9.80 Å². The van der Waals surface area contributed by atoms with Crippen LogP contribution >= 0.6 is 0 Å². The quantitative estimate of drug-likeness (QED) is 0.0712. The van der Waals surface area contributed by atoms with Crippen LogP contribution in [0.25, 0.3) is 72.0 Å². The molecule has 0 atom stereocenters. The van der Waals surface area contributed by atoms with Crippen LogP contribution in [0.1, 0.15) is 25.3 Å². The maximum atomic E-state index is 6.51. The average Bonchev–Trinajstić information content (AvgIpc) is 3.81. The SMILES string of the molecule is C=C/C(=C(/OC1=CC=CCC=C1)C(=C)CC)c1ccc(N(c2ccccc2)c2ccc(-c3ccc(-c4ccc(-c5ccc(N(c6ccccc6)c6ccc(-c7cccc8c7oc7ccccc78)cc6)cc5)cc4)cc3)cc2)cc1. The first kappa shape index (κ1) is 49.7. The van der Waals surface area contributed by atoms with Gasteiger partial charge < -0.3 is 19.0 Å². The van der Waals surface area contributed by atoms with Gasteiger partial charge in [-0.15, -0.1) is 0 Å². The number of allylic oxidation sites excluding steroid dienone is 8. The molecule has 0 aliphatic heterocycles. The molecule has 0 saturated carbocycles. The molecular formula is C75H58N2O2. The van der Waals surface area contributed by atoms with E-state index >= 15 is 0 Å². The summed E-state index contributed by atoms with van der Waals surface area (Å²) in [7, 11) is 0. The molecule has 0 spiro atoms. The third kappa shape index (κ3) is 10.4. The first-order valence-electron chi connectivity index (χ1n) is 27.0. The van der Waals surface area contributed by atoms with Gasteiger partial charge in [0.2, 0.25) is 0 Å². The van der Waals surface area contributed by atoms with Gasteiger partial charge in [-0.2, -0.15) is 0 Å². The topological polar surface area (TPSA) is 28.9 Å². The van der Waals surface area contributed by atoms with Gasteiger partial charge in [-0.05, 0) is 154 Å². The standard InChI is InChI=1S/C75H58N2O2/c1-4-53(3)74(78-68-23-14-6-7-15-24-68)69(5-2)60-41-49-66(50-42-60)76(62-19-10-8-11-20-62)64-45-37-58(38-46-64)56-33-29-54(30-34-56)55-31-35-57(36-32-55)59-39-47-65(48-40-59)77(63-21-12-9-13-22-63)67-51-43-61(44-52-67)70-26-18-27-72-71-25-16-17-28-73(71)79-75(70)72/h5-6,8-52H,2-4,7H2,1H3/b74-69-. The molecule has 4 heteroatoms. The van der Waals surface area contributed by atoms with Crippen molar-refractivity contribution < 1.29 is 9.15 Å². The molecule has 1 aromatic heterocycles. The number of benzene rings is 10. The highest BCUT2D eigenvalue weighted by molar-refractivity contribution is 6.09. The van der Waals surface area contributed by atoms with E-state index < -0.39 is 0 Å². The third-order valence-corrected chi connectivity index (χ3v) is 14.7. The second kappa shape index (κ2) is 22.6. The molecule has 0 amide bonds. The molecule has 380 valence electrons. The van der Waals surface area contributed by atoms with E-state index in [2.05, 4.69) is 279 Å². The Balaban J connectivity index is 0.746. The van der Waals surface area contributed by atoms with Crippen molar-refractivity contribution in [1.82, 2.24) is 0 Å². The van der Waals surface area contributed by atoms with E-state index in [0.29, 0.717) is 0 Å². The summed E-state index contributed by atoms with van der Waals surface area (Å²) in [5, 5.41) is 2.26. The van der Waals surface area contributed by atoms with Gasteiger partial charge in [0.05, 0.1) is 0 Å². The number of para-hydroxylation sites is 4. The van der Waals surface area contributed by atoms with Crippen molar-refractivity contribution in [3.05, 3.63) is 321 Å². The van der Waals surface area contributed by atoms with Crippen LogP contribution in [0.15, 0.2) is 320 Å². The molecule has 0 bridgehead atoms. The minimum Gasteiger partial charge on any atom is -0.456 e. The van der Waals surface area contributed by atoms with Gasteiger partial charge in [0, 0.05) is 56.0 Å². The van der Waals surface area contributed by atoms with Gasteiger partial charge in [-0.1, -0.05) is 214 Å². The molecule has 1 aliphatic carbocycles. The fourth-order valence-electron chi connectivity index (χ4n) is 10.5. The lowest BCUT2D eigenvalue weighted by Gasteiger charge is -2.26. The predicted octanol–water partition coefficient (Wildman–Crippen LogP) is 21.5. The van der Waals surface area contributed by atoms with Gasteiger partial charge in [0.15, 0.2) is 0 Å². The number of rotatable bonds is 16. The Hall–Kier alpha value is -10.2. The third-order valence-electron chi connectivity index (χ3n) is 14.7. The molecule has 4 nitrogen and oxygen atoms in total. The number of ether oxygens (including phenoxy) is 1. The van der Waals surface area contributed by atoms with Crippen LogP contribution in [0, 0.1) is 0 Å². The molecule has 0 fully saturated rings. The molecule has 1 aliphatic rings. The monoisotopic (exact) mass is 1020 g/mol. The lowest BCUT2D eigenvalue weighted by Crippen LogP contribution is -2.09. The second-order valence-corrected chi connectivity index (χ2v) is 19.6. The van der Waals surface area contributed by atoms with Gasteiger partial charge in [-0.25, -0.2) is 0 Å². The average molecular weight is 1020 g/mol. The Bertz CT molecular complexity index is 4070. The molecule has 11 aromatic rings. The van der Waals surface area contributed by atoms with E-state index in [4.69, 9.17) is 9.15 Å². The largest absolute Gasteiger partial charge is 0.456 e. The Labute approximate surface area is 463 Å². The lowest BCUT2D eigenvalue weighted by molar-refractivity contribution is 0.330. The van der Waals surface area contributed by atoms with Crippen LogP contribution in [0.5, 0.6) is 0 Å². The van der Waals surface area contributed by atoms with Crippen molar-refractivity contribution in [2.75, 3.05) is 9.80 Å². The van der Waals surface area contributed by atoms with E-state index in [1.807, 2.05) is 36.4 Å². The van der Waals surface area contributed by atoms with Gasteiger partial charge in [-0.3, -0.25) is 0 Å². The van der Waals surface area contributed by atoms with Crippen molar-refractivity contribution in [2.24, 2.45) is 0 Å². The van der Waals surface area contributed by atoms with E-state index in [9.17, 15) is 0 Å². The van der Waals surface area contributed by atoms with Gasteiger partial charge in [0.25, 0.3) is 0 Å². The Morgan fingerprint density at radius 3 is 1.39 bits per heavy atom. The summed E-state index contributed by atoms with van der Waals surface area (Å²) in [5.41, 5.74) is 20.2. The fourth-order valence-corrected chi connectivity index (χ4v) is 10.5. The fraction of sp³-hybridized carbons (Fsp3) is 0.0400. The van der Waals surface area contributed by atoms with Crippen molar-refractivity contribution in [1.29, 1.82) is 0 Å². The molecule has 79 heavy (non-hydrogen) atoms. The van der Waals surface area contributed by atoms with Crippen LogP contribution in [-0.2, 0) is 4.74 Å². The van der Waals surface area contributed by atoms with Crippen molar-refractivity contribution in [3.8, 4) is 44.5 Å². The molecule has 0 radical (unpaired) electrons. The highest BCUT2D eigenvalue weighted by Crippen LogP contribution is 2.41. The number of anilines is 6. The second-order valence-electron chi connectivity index (χ2n) is 19.6. The van der Waals surface area contributed by atoms with Crippen molar-refractivity contribution >= 4 is 61.6 Å². The number of hydrogen-bond acceptors (Lipinski definition) is 4. The molecule has 0 N–H and O–H groups in total. The number of furan rings is 1. The summed E-state index contributed by atoms with van der Waals surface area (Å²) in [4.78, 5) is 4.59. The Morgan fingerprint density at radius 1 is 0.468 bits per heavy atom. The summed E-state index contributed by atoms with van der Waals surface area (Å²) in [6, 6.07) is 88.5. The molecule has 0 unspecified atom stereocenters. The summed E-state index contributed by atoms with van der Waals surface area (Å²) >= 11 is 0. The molecule has 1 heterocycles. The normalized spacial score (nSPS) is 12.4. The van der Waals surface area contributed by atoms with E-state index in [1.54, 1.807) is 0 Å². The molecule has 12 rings (SSSR count). The first-order chi connectivity index (χ1) is 39.0. The smallest absolute Gasteiger partial charge is 0.143 e. The molecular weight excluding hydrogens is 961 g/mol. The Kier molecular flexibility index (Phi) is 14.2. The number of nitrogens with zero attached hydrogens (tertiary/aromatic N) is 2. The summed E-state index contributed by atoms with van der Waals surface area (Å²) in [5.74, 6) is 1.51. The minimum absolute atomic E-state index is 0.733. The van der Waals surface area contributed by atoms with Crippen LogP contribution in [0.2, 0.25) is 0 Å². The maximum Gasteiger partial charge on any atom is 0.143 e. The number of hydrogen-bond donors (Lipinski definition) is 0. The van der Waals surface area contributed by atoms with Gasteiger partial charge >= 0.3 is 0 Å². The highest BCUT2D eigenvalue weighted by atomic mass is 16.5. The highest BCUT2D eigenvalue weighted by Gasteiger charge is 2.19. The summed E-state index contributed by atoms with van der Waals surface area (Å²) in [6.45, 7) is 10.7. The zero-order valence-corrected chi connectivity index (χ0v) is 44.2. The molecule has 10 aromatic carbocycles. The van der Waals surface area contributed by atoms with Crippen LogP contribution in [0.3, 0.4) is 0 Å². The van der Waals surface area contributed by atoms with Crippen molar-refractivity contribution in [2.45, 2.75) is 19.8 Å². The zero-order valence-electron chi connectivity index (χ0n) is 44.2. The number of fused-ring (bicyclic) bond motifs is 3. The maximum absolute atomic E-state index is 6.51. The van der Waals surface area contributed by atoms with E-state index in [-0.39, 0.29) is 0 Å².